The summed E-state index contributed by atoms with van der Waals surface area (Å²) in [5.41, 5.74) is 0. The molecule has 4 heterocycles. The van der Waals surface area contributed by atoms with Crippen molar-refractivity contribution in [3.8, 4) is 0 Å². The van der Waals surface area contributed by atoms with E-state index < -0.39 is 114 Å². The van der Waals surface area contributed by atoms with Crippen LogP contribution >= 0.6 is 0 Å². The predicted molar refractivity (Wildman–Crippen MR) is 247 cm³/mol. The van der Waals surface area contributed by atoms with Crippen LogP contribution in [0.2, 0.25) is 0 Å². The monoisotopic (exact) mass is 937 g/mol. The Morgan fingerprint density at radius 2 is 1.09 bits per heavy atom. The van der Waals surface area contributed by atoms with Gasteiger partial charge in [-0.3, -0.25) is 0 Å². The van der Waals surface area contributed by atoms with E-state index in [4.69, 9.17) is 42.6 Å². The molecule has 0 amide bonds. The highest BCUT2D eigenvalue weighted by Gasteiger charge is 2.55. The number of hydrogen-bond donors (Lipinski definition) is 4. The molecule has 4 rings (SSSR count). The summed E-state index contributed by atoms with van der Waals surface area (Å²) in [4.78, 5) is 27.0. The highest BCUT2D eigenvalue weighted by molar-refractivity contribution is 5.83. The van der Waals surface area contributed by atoms with Crippen molar-refractivity contribution >= 4 is 11.9 Å². The Kier molecular flexibility index (Phi) is 21.1. The minimum atomic E-state index is -1.31. The van der Waals surface area contributed by atoms with Crippen molar-refractivity contribution in [2.24, 2.45) is 47.3 Å². The number of carbonyl (C=O) groups is 2. The number of ether oxygens (including phenoxy) is 9. The van der Waals surface area contributed by atoms with Gasteiger partial charge in [0.05, 0.1) is 48.8 Å². The summed E-state index contributed by atoms with van der Waals surface area (Å²) in [5.74, 6) is -6.79. The lowest BCUT2D eigenvalue weighted by molar-refractivity contribution is -0.352. The SMILES string of the molecule is CC[C@@H]1[C@@H](C)O[C@@](OC)([C@@H](C)[C@H](O)[C@H](C)[C@H]2OC(=O)C=CC=C[C@H](C)[C@@H]([C@@H](C)[C@@H](O)[C@H](C)[C@@]3(OC)C[C@@H](O[C@H]4C[C@H](O)[C@H](O)[C@H](C)O4)[C@H](CC)[C@@H](C)O3)OC(=O)C=CC=C[C@@H]2C)C[C@H]1OC. The molecule has 4 N–H and O–H groups in total. The lowest BCUT2D eigenvalue weighted by Crippen LogP contribution is -2.60. The Morgan fingerprint density at radius 1 is 0.667 bits per heavy atom. The quantitative estimate of drug-likeness (QED) is 0.135. The van der Waals surface area contributed by atoms with Crippen molar-refractivity contribution in [2.45, 2.75) is 193 Å². The zero-order valence-corrected chi connectivity index (χ0v) is 42.0. The van der Waals surface area contributed by atoms with Crippen LogP contribution in [0.25, 0.3) is 0 Å². The van der Waals surface area contributed by atoms with Crippen LogP contribution in [0.3, 0.4) is 0 Å². The van der Waals surface area contributed by atoms with Crippen LogP contribution < -0.4 is 0 Å². The Bertz CT molecular complexity index is 1640. The Labute approximate surface area is 394 Å². The third kappa shape index (κ3) is 13.0. The minimum Gasteiger partial charge on any atom is -0.458 e. The molecule has 4 aliphatic heterocycles. The highest BCUT2D eigenvalue weighted by Crippen LogP contribution is 2.46. The van der Waals surface area contributed by atoms with Gasteiger partial charge in [0.15, 0.2) is 17.9 Å². The number of carbonyl (C=O) groups excluding carboxylic acids is 2. The van der Waals surface area contributed by atoms with Crippen molar-refractivity contribution in [2.75, 3.05) is 21.3 Å². The fraction of sp³-hybridized carbons (Fsp3) is 0.804. The molecule has 3 saturated heterocycles. The van der Waals surface area contributed by atoms with Crippen LogP contribution in [0, 0.1) is 47.3 Å². The minimum absolute atomic E-state index is 0.0526. The van der Waals surface area contributed by atoms with Gasteiger partial charge in [-0.25, -0.2) is 9.59 Å². The van der Waals surface area contributed by atoms with E-state index >= 15 is 0 Å². The van der Waals surface area contributed by atoms with Crippen molar-refractivity contribution in [3.63, 3.8) is 0 Å². The van der Waals surface area contributed by atoms with Crippen LogP contribution in [0.1, 0.15) is 108 Å². The molecule has 0 bridgehead atoms. The lowest BCUT2D eigenvalue weighted by atomic mass is 9.76. The maximum atomic E-state index is 13.5. The average molecular weight is 937 g/mol. The second kappa shape index (κ2) is 24.8. The molecule has 22 atom stereocenters. The summed E-state index contributed by atoms with van der Waals surface area (Å²) in [6, 6.07) is 0. The molecule has 378 valence electrons. The smallest absolute Gasteiger partial charge is 0.331 e. The normalized spacial score (nSPS) is 41.3. The summed E-state index contributed by atoms with van der Waals surface area (Å²) in [5, 5.41) is 44.9. The van der Waals surface area contributed by atoms with Crippen LogP contribution in [-0.2, 0) is 52.2 Å². The molecular weight excluding hydrogens is 853 g/mol. The van der Waals surface area contributed by atoms with Gasteiger partial charge in [0.1, 0.15) is 18.3 Å². The molecule has 0 aromatic rings. The third-order valence-electron chi connectivity index (χ3n) is 15.4. The summed E-state index contributed by atoms with van der Waals surface area (Å²) in [6.45, 7) is 20.9. The maximum Gasteiger partial charge on any atom is 0.331 e. The molecule has 0 aromatic carbocycles. The van der Waals surface area contributed by atoms with Crippen molar-refractivity contribution < 1.29 is 72.6 Å². The first-order valence-electron chi connectivity index (χ1n) is 24.3. The number of rotatable bonds is 15. The van der Waals surface area contributed by atoms with Crippen LogP contribution in [0.5, 0.6) is 0 Å². The van der Waals surface area contributed by atoms with E-state index in [9.17, 15) is 30.0 Å². The van der Waals surface area contributed by atoms with Gasteiger partial charge < -0.3 is 63.1 Å². The molecule has 15 heteroatoms. The molecule has 0 aliphatic carbocycles. The van der Waals surface area contributed by atoms with Crippen LogP contribution in [-0.4, -0.2) is 139 Å². The van der Waals surface area contributed by atoms with Crippen LogP contribution in [0.15, 0.2) is 48.6 Å². The molecule has 0 unspecified atom stereocenters. The molecular formula is C51H84O15. The second-order valence-corrected chi connectivity index (χ2v) is 19.5. The average Bonchev–Trinajstić information content (AvgIpc) is 3.29. The van der Waals surface area contributed by atoms with Gasteiger partial charge in [0.2, 0.25) is 0 Å². The Hall–Kier alpha value is -2.54. The second-order valence-electron chi connectivity index (χ2n) is 19.5. The third-order valence-corrected chi connectivity index (χ3v) is 15.4. The largest absolute Gasteiger partial charge is 0.458 e. The van der Waals surface area contributed by atoms with Gasteiger partial charge >= 0.3 is 11.9 Å². The standard InChI is InChI=1S/C51H84O15/c1-15-37-34(9)65-50(59-13,26-40(37)58-12)32(7)45(55)30(5)48-28(3)21-17-19-24-43(54)64-49(29(4)22-18-20-23-42(53)63-48)31(6)46(56)33(8)51(60-14)27-41(38(16-2)35(10)66-51)62-44-25-39(52)47(57)36(11)61-44/h17-24,28-41,44-49,52,55-57H,15-16,25-27H2,1-14H3/t28-,29-,30-,31-,32-,33-,34+,35+,36-,37+,38+,39-,40+,41+,44-,45+,46+,47+,48-,49-,50+,51+/m0/s1. The van der Waals surface area contributed by atoms with Gasteiger partial charge in [0.25, 0.3) is 0 Å². The van der Waals surface area contributed by atoms with Crippen molar-refractivity contribution in [1.29, 1.82) is 0 Å². The predicted octanol–water partition coefficient (Wildman–Crippen LogP) is 6.20. The van der Waals surface area contributed by atoms with E-state index in [0.717, 1.165) is 12.8 Å². The zero-order chi connectivity index (χ0) is 49.3. The van der Waals surface area contributed by atoms with Gasteiger partial charge in [-0.2, -0.15) is 0 Å². The topological polar surface area (TPSA) is 198 Å². The molecule has 3 fully saturated rings. The molecule has 0 saturated carbocycles. The first kappa shape index (κ1) is 56.1. The van der Waals surface area contributed by atoms with Gasteiger partial charge in [-0.1, -0.05) is 91.8 Å². The maximum absolute atomic E-state index is 13.5. The highest BCUT2D eigenvalue weighted by atomic mass is 16.7. The Balaban J connectivity index is 1.53. The van der Waals surface area contributed by atoms with E-state index in [2.05, 4.69) is 6.92 Å². The van der Waals surface area contributed by atoms with Gasteiger partial charge in [-0.05, 0) is 33.6 Å². The molecule has 0 radical (unpaired) electrons. The summed E-state index contributed by atoms with van der Waals surface area (Å²) < 4.78 is 55.9. The summed E-state index contributed by atoms with van der Waals surface area (Å²) in [7, 11) is 4.79. The van der Waals surface area contributed by atoms with E-state index in [1.165, 1.54) is 19.3 Å². The first-order chi connectivity index (χ1) is 31.1. The Morgan fingerprint density at radius 3 is 1.48 bits per heavy atom. The summed E-state index contributed by atoms with van der Waals surface area (Å²) in [6.07, 6.45) is 6.84. The summed E-state index contributed by atoms with van der Waals surface area (Å²) >= 11 is 0. The number of cyclic esters (lactones) is 2. The van der Waals surface area contributed by atoms with E-state index in [-0.39, 0.29) is 43.0 Å². The molecule has 66 heavy (non-hydrogen) atoms. The molecule has 15 nitrogen and oxygen atoms in total. The molecule has 0 aromatic heterocycles. The van der Waals surface area contributed by atoms with Crippen LogP contribution in [0.4, 0.5) is 0 Å². The molecule has 4 aliphatic rings. The number of aliphatic hydroxyl groups excluding tert-OH is 4. The van der Waals surface area contributed by atoms with E-state index in [1.807, 2.05) is 62.3 Å². The van der Waals surface area contributed by atoms with E-state index in [0.29, 0.717) is 6.42 Å². The van der Waals surface area contributed by atoms with Gasteiger partial charge in [-0.15, -0.1) is 0 Å². The zero-order valence-electron chi connectivity index (χ0n) is 42.0. The number of aliphatic hydroxyl groups is 4. The fourth-order valence-electron chi connectivity index (χ4n) is 11.0. The van der Waals surface area contributed by atoms with Gasteiger partial charge in [0, 0.05) is 100 Å². The number of hydrogen-bond acceptors (Lipinski definition) is 15. The van der Waals surface area contributed by atoms with E-state index in [1.54, 1.807) is 57.6 Å². The van der Waals surface area contributed by atoms with Crippen molar-refractivity contribution in [3.05, 3.63) is 48.6 Å². The van der Waals surface area contributed by atoms with Crippen molar-refractivity contribution in [1.82, 2.24) is 0 Å². The first-order valence-corrected chi connectivity index (χ1v) is 24.3. The number of methoxy groups -OCH3 is 3. The number of allylic oxidation sites excluding steroid dienone is 4. The molecule has 0 spiro atoms. The fourth-order valence-corrected chi connectivity index (χ4v) is 11.0. The lowest BCUT2D eigenvalue weighted by Gasteiger charge is -2.52. The number of esters is 2.